The quantitative estimate of drug-likeness (QED) is 0.704. The van der Waals surface area contributed by atoms with Crippen LogP contribution < -0.4 is 11.1 Å². The molecule has 1 aromatic rings. The number of oxazole rings is 1. The summed E-state index contributed by atoms with van der Waals surface area (Å²) in [6.45, 7) is 2.13. The van der Waals surface area contributed by atoms with Crippen molar-refractivity contribution >= 4 is 0 Å². The van der Waals surface area contributed by atoms with Gasteiger partial charge >= 0.3 is 0 Å². The second-order valence-electron chi connectivity index (χ2n) is 3.53. The molecule has 13 heavy (non-hydrogen) atoms. The van der Waals surface area contributed by atoms with E-state index in [1.54, 1.807) is 6.26 Å². The van der Waals surface area contributed by atoms with Gasteiger partial charge in [0, 0.05) is 0 Å². The average Bonchev–Trinajstić information content (AvgIpc) is 2.71. The Kier molecular flexibility index (Phi) is 2.61. The lowest BCUT2D eigenvalue weighted by Gasteiger charge is -2.26. The van der Waals surface area contributed by atoms with Crippen LogP contribution >= 0.6 is 0 Å². The maximum absolute atomic E-state index is 6.06. The van der Waals surface area contributed by atoms with Gasteiger partial charge in [0.15, 0.2) is 6.39 Å². The van der Waals surface area contributed by atoms with Gasteiger partial charge in [-0.25, -0.2) is 4.98 Å². The molecule has 1 aliphatic rings. The third-order valence-corrected chi connectivity index (χ3v) is 2.68. The fourth-order valence-corrected chi connectivity index (χ4v) is 1.83. The third-order valence-electron chi connectivity index (χ3n) is 2.68. The van der Waals surface area contributed by atoms with Crippen molar-refractivity contribution in [1.82, 2.24) is 10.3 Å². The van der Waals surface area contributed by atoms with E-state index in [1.165, 1.54) is 6.39 Å². The number of nitrogens with two attached hydrogens (primary N) is 1. The lowest BCUT2D eigenvalue weighted by atomic mass is 9.89. The van der Waals surface area contributed by atoms with Crippen LogP contribution in [0.25, 0.3) is 0 Å². The highest BCUT2D eigenvalue weighted by Gasteiger charge is 2.23. The summed E-state index contributed by atoms with van der Waals surface area (Å²) < 4.78 is 4.92. The summed E-state index contributed by atoms with van der Waals surface area (Å²) in [5.74, 6) is 0.548. The summed E-state index contributed by atoms with van der Waals surface area (Å²) >= 11 is 0. The molecular weight excluding hydrogens is 166 g/mol. The number of piperidine rings is 1. The Morgan fingerprint density at radius 1 is 1.54 bits per heavy atom. The van der Waals surface area contributed by atoms with Crippen LogP contribution in [0.5, 0.6) is 0 Å². The maximum Gasteiger partial charge on any atom is 0.180 e. The Labute approximate surface area is 77.5 Å². The predicted molar refractivity (Wildman–Crippen MR) is 49.0 cm³/mol. The van der Waals surface area contributed by atoms with Crippen molar-refractivity contribution in [2.75, 3.05) is 13.1 Å². The molecular formula is C9H15N3O. The Bertz CT molecular complexity index is 241. The fraction of sp³-hybridized carbons (Fsp3) is 0.667. The van der Waals surface area contributed by atoms with Crippen LogP contribution in [-0.4, -0.2) is 18.1 Å². The van der Waals surface area contributed by atoms with Crippen molar-refractivity contribution in [3.8, 4) is 0 Å². The molecule has 0 spiro atoms. The standard InChI is InChI=1S/C9H15N3O/c10-9(8-5-13-6-12-8)7-1-3-11-4-2-7/h5-7,9,11H,1-4,10H2. The van der Waals surface area contributed by atoms with E-state index in [4.69, 9.17) is 10.2 Å². The molecule has 1 aromatic heterocycles. The van der Waals surface area contributed by atoms with Gasteiger partial charge in [-0.05, 0) is 31.8 Å². The van der Waals surface area contributed by atoms with Crippen LogP contribution in [0, 0.1) is 5.92 Å². The molecule has 1 atom stereocenters. The molecule has 2 rings (SSSR count). The second kappa shape index (κ2) is 3.89. The van der Waals surface area contributed by atoms with Crippen LogP contribution in [-0.2, 0) is 0 Å². The molecule has 1 unspecified atom stereocenters. The van der Waals surface area contributed by atoms with Crippen molar-refractivity contribution in [1.29, 1.82) is 0 Å². The van der Waals surface area contributed by atoms with Gasteiger partial charge in [0.25, 0.3) is 0 Å². The number of nitrogens with zero attached hydrogens (tertiary/aromatic N) is 1. The first-order valence-corrected chi connectivity index (χ1v) is 4.72. The molecule has 0 aromatic carbocycles. The number of hydrogen-bond acceptors (Lipinski definition) is 4. The number of rotatable bonds is 2. The lowest BCUT2D eigenvalue weighted by Crippen LogP contribution is -2.33. The molecule has 4 nitrogen and oxygen atoms in total. The third kappa shape index (κ3) is 1.89. The van der Waals surface area contributed by atoms with E-state index in [0.29, 0.717) is 5.92 Å². The zero-order chi connectivity index (χ0) is 9.10. The molecule has 1 saturated heterocycles. The Balaban J connectivity index is 1.99. The minimum atomic E-state index is 0.0425. The van der Waals surface area contributed by atoms with E-state index in [1.807, 2.05) is 0 Å². The van der Waals surface area contributed by atoms with Crippen molar-refractivity contribution in [2.45, 2.75) is 18.9 Å². The highest BCUT2D eigenvalue weighted by molar-refractivity contribution is 5.01. The van der Waals surface area contributed by atoms with E-state index >= 15 is 0 Å². The average molecular weight is 181 g/mol. The molecule has 72 valence electrons. The van der Waals surface area contributed by atoms with E-state index < -0.39 is 0 Å². The van der Waals surface area contributed by atoms with Crippen LogP contribution in [0.4, 0.5) is 0 Å². The highest BCUT2D eigenvalue weighted by atomic mass is 16.3. The largest absolute Gasteiger partial charge is 0.451 e. The summed E-state index contributed by atoms with van der Waals surface area (Å²) in [7, 11) is 0. The van der Waals surface area contributed by atoms with Gasteiger partial charge in [0.2, 0.25) is 0 Å². The van der Waals surface area contributed by atoms with Crippen LogP contribution in [0.2, 0.25) is 0 Å². The SMILES string of the molecule is NC(c1cocn1)C1CCNCC1. The summed E-state index contributed by atoms with van der Waals surface area (Å²) in [5.41, 5.74) is 6.95. The van der Waals surface area contributed by atoms with Gasteiger partial charge in [0.1, 0.15) is 6.26 Å². The Morgan fingerprint density at radius 3 is 2.92 bits per heavy atom. The first kappa shape index (κ1) is 8.72. The zero-order valence-electron chi connectivity index (χ0n) is 7.57. The van der Waals surface area contributed by atoms with E-state index in [0.717, 1.165) is 31.6 Å². The van der Waals surface area contributed by atoms with Crippen molar-refractivity contribution in [3.05, 3.63) is 18.4 Å². The van der Waals surface area contributed by atoms with Crippen LogP contribution in [0.15, 0.2) is 17.1 Å². The molecule has 3 N–H and O–H groups in total. The molecule has 1 aliphatic heterocycles. The molecule has 0 aliphatic carbocycles. The molecule has 0 saturated carbocycles. The summed E-state index contributed by atoms with van der Waals surface area (Å²) in [4.78, 5) is 4.08. The fourth-order valence-electron chi connectivity index (χ4n) is 1.83. The monoisotopic (exact) mass is 181 g/mol. The van der Waals surface area contributed by atoms with Crippen molar-refractivity contribution in [2.24, 2.45) is 11.7 Å². The van der Waals surface area contributed by atoms with Gasteiger partial charge < -0.3 is 15.5 Å². The smallest absolute Gasteiger partial charge is 0.180 e. The van der Waals surface area contributed by atoms with Gasteiger partial charge in [-0.2, -0.15) is 0 Å². The summed E-state index contributed by atoms with van der Waals surface area (Å²) in [6.07, 6.45) is 5.35. The number of nitrogens with one attached hydrogen (secondary N) is 1. The minimum absolute atomic E-state index is 0.0425. The Morgan fingerprint density at radius 2 is 2.31 bits per heavy atom. The van der Waals surface area contributed by atoms with Crippen LogP contribution in [0.1, 0.15) is 24.6 Å². The van der Waals surface area contributed by atoms with Gasteiger partial charge in [-0.1, -0.05) is 0 Å². The zero-order valence-corrected chi connectivity index (χ0v) is 7.57. The van der Waals surface area contributed by atoms with Gasteiger partial charge in [0.05, 0.1) is 11.7 Å². The molecule has 0 bridgehead atoms. The van der Waals surface area contributed by atoms with Crippen molar-refractivity contribution in [3.63, 3.8) is 0 Å². The Hall–Kier alpha value is -0.870. The number of aromatic nitrogens is 1. The maximum atomic E-state index is 6.06. The van der Waals surface area contributed by atoms with E-state index in [-0.39, 0.29) is 6.04 Å². The second-order valence-corrected chi connectivity index (χ2v) is 3.53. The highest BCUT2D eigenvalue weighted by Crippen LogP contribution is 2.25. The first-order chi connectivity index (χ1) is 6.38. The molecule has 2 heterocycles. The van der Waals surface area contributed by atoms with Crippen molar-refractivity contribution < 1.29 is 4.42 Å². The van der Waals surface area contributed by atoms with Crippen LogP contribution in [0.3, 0.4) is 0 Å². The number of hydrogen-bond donors (Lipinski definition) is 2. The topological polar surface area (TPSA) is 64.1 Å². The first-order valence-electron chi connectivity index (χ1n) is 4.72. The van der Waals surface area contributed by atoms with E-state index in [2.05, 4.69) is 10.3 Å². The molecule has 1 fully saturated rings. The summed E-state index contributed by atoms with van der Waals surface area (Å²) in [5, 5.41) is 3.32. The predicted octanol–water partition coefficient (Wildman–Crippen LogP) is 0.674. The molecule has 0 radical (unpaired) electrons. The minimum Gasteiger partial charge on any atom is -0.451 e. The molecule has 0 amide bonds. The normalized spacial score (nSPS) is 21.6. The lowest BCUT2D eigenvalue weighted by molar-refractivity contribution is 0.318. The summed E-state index contributed by atoms with van der Waals surface area (Å²) in [6, 6.07) is 0.0425. The van der Waals surface area contributed by atoms with Gasteiger partial charge in [-0.3, -0.25) is 0 Å². The molecule has 4 heteroatoms. The van der Waals surface area contributed by atoms with Gasteiger partial charge in [-0.15, -0.1) is 0 Å². The van der Waals surface area contributed by atoms with E-state index in [9.17, 15) is 0 Å².